The van der Waals surface area contributed by atoms with Crippen molar-refractivity contribution in [3.05, 3.63) is 0 Å². The van der Waals surface area contributed by atoms with Crippen LogP contribution in [0, 0.1) is 5.92 Å². The van der Waals surface area contributed by atoms with Gasteiger partial charge >= 0.3 is 0 Å². The Balaban J connectivity index is 1.78. The fraction of sp³-hybridized carbons (Fsp3) is 1.00. The van der Waals surface area contributed by atoms with Crippen LogP contribution in [0.4, 0.5) is 0 Å². The van der Waals surface area contributed by atoms with E-state index in [2.05, 4.69) is 17.1 Å². The molecule has 1 N–H and O–H groups in total. The fourth-order valence-corrected chi connectivity index (χ4v) is 2.77. The smallest absolute Gasteiger partial charge is 0.0613 e. The lowest BCUT2D eigenvalue weighted by Gasteiger charge is -2.25. The first kappa shape index (κ1) is 11.4. The van der Waals surface area contributed by atoms with Crippen LogP contribution in [-0.2, 0) is 4.74 Å². The minimum atomic E-state index is 0.529. The van der Waals surface area contributed by atoms with Gasteiger partial charge in [-0.1, -0.05) is 6.92 Å². The maximum absolute atomic E-state index is 5.75. The van der Waals surface area contributed by atoms with Gasteiger partial charge in [-0.3, -0.25) is 0 Å². The normalized spacial score (nSPS) is 34.2. The molecule has 0 spiro atoms. The van der Waals surface area contributed by atoms with Gasteiger partial charge in [-0.2, -0.15) is 0 Å². The van der Waals surface area contributed by atoms with Gasteiger partial charge in [0.05, 0.1) is 6.10 Å². The lowest BCUT2D eigenvalue weighted by Crippen LogP contribution is -2.35. The van der Waals surface area contributed by atoms with Crippen molar-refractivity contribution in [2.24, 2.45) is 5.92 Å². The lowest BCUT2D eigenvalue weighted by atomic mass is 9.99. The standard InChI is InChI=1S/C12H24N2O/c1-2-12-11(4-9-15-12)10-14-7-3-5-13-6-8-14/h11-13H,2-10H2,1H3. The minimum absolute atomic E-state index is 0.529. The van der Waals surface area contributed by atoms with Crippen molar-refractivity contribution < 1.29 is 4.74 Å². The van der Waals surface area contributed by atoms with Crippen LogP contribution in [0.1, 0.15) is 26.2 Å². The largest absolute Gasteiger partial charge is 0.378 e. The lowest BCUT2D eigenvalue weighted by molar-refractivity contribution is 0.0762. The van der Waals surface area contributed by atoms with E-state index >= 15 is 0 Å². The molecule has 2 heterocycles. The van der Waals surface area contributed by atoms with Crippen LogP contribution in [-0.4, -0.2) is 50.3 Å². The zero-order chi connectivity index (χ0) is 10.5. The summed E-state index contributed by atoms with van der Waals surface area (Å²) >= 11 is 0. The Bertz CT molecular complexity index is 178. The molecule has 0 bridgehead atoms. The van der Waals surface area contributed by atoms with Gasteiger partial charge in [-0.25, -0.2) is 0 Å². The number of hydrogen-bond donors (Lipinski definition) is 1. The van der Waals surface area contributed by atoms with E-state index < -0.39 is 0 Å². The molecule has 2 saturated heterocycles. The molecule has 0 aromatic heterocycles. The molecule has 2 aliphatic heterocycles. The Hall–Kier alpha value is -0.120. The third-order valence-electron chi connectivity index (χ3n) is 3.67. The molecule has 2 fully saturated rings. The molecule has 3 heteroatoms. The molecule has 88 valence electrons. The van der Waals surface area contributed by atoms with Gasteiger partial charge in [0, 0.05) is 26.2 Å². The Morgan fingerprint density at radius 1 is 1.33 bits per heavy atom. The fourth-order valence-electron chi connectivity index (χ4n) is 2.77. The quantitative estimate of drug-likeness (QED) is 0.758. The first-order chi connectivity index (χ1) is 7.40. The maximum Gasteiger partial charge on any atom is 0.0613 e. The Morgan fingerprint density at radius 2 is 2.27 bits per heavy atom. The number of nitrogens with zero attached hydrogens (tertiary/aromatic N) is 1. The number of nitrogens with one attached hydrogen (secondary N) is 1. The molecule has 0 saturated carbocycles. The van der Waals surface area contributed by atoms with E-state index in [1.54, 1.807) is 0 Å². The molecule has 15 heavy (non-hydrogen) atoms. The van der Waals surface area contributed by atoms with E-state index in [1.807, 2.05) is 0 Å². The van der Waals surface area contributed by atoms with E-state index in [1.165, 1.54) is 45.4 Å². The van der Waals surface area contributed by atoms with Crippen molar-refractivity contribution in [3.8, 4) is 0 Å². The number of rotatable bonds is 3. The highest BCUT2D eigenvalue weighted by Gasteiger charge is 2.28. The van der Waals surface area contributed by atoms with Gasteiger partial charge in [-0.15, -0.1) is 0 Å². The highest BCUT2D eigenvalue weighted by Crippen LogP contribution is 2.24. The molecule has 2 aliphatic rings. The summed E-state index contributed by atoms with van der Waals surface area (Å²) in [6, 6.07) is 0. The van der Waals surface area contributed by atoms with Gasteiger partial charge in [-0.05, 0) is 38.3 Å². The second-order valence-corrected chi connectivity index (χ2v) is 4.77. The van der Waals surface area contributed by atoms with Crippen molar-refractivity contribution in [1.29, 1.82) is 0 Å². The van der Waals surface area contributed by atoms with Crippen LogP contribution in [0.15, 0.2) is 0 Å². The van der Waals surface area contributed by atoms with E-state index in [-0.39, 0.29) is 0 Å². The zero-order valence-corrected chi connectivity index (χ0v) is 9.87. The molecular formula is C12H24N2O. The van der Waals surface area contributed by atoms with Gasteiger partial charge < -0.3 is 15.0 Å². The summed E-state index contributed by atoms with van der Waals surface area (Å²) in [5.74, 6) is 0.785. The van der Waals surface area contributed by atoms with E-state index in [4.69, 9.17) is 4.74 Å². The molecule has 0 amide bonds. The third kappa shape index (κ3) is 3.16. The van der Waals surface area contributed by atoms with Crippen LogP contribution in [0.3, 0.4) is 0 Å². The van der Waals surface area contributed by atoms with Crippen molar-refractivity contribution in [2.45, 2.75) is 32.3 Å². The third-order valence-corrected chi connectivity index (χ3v) is 3.67. The number of hydrogen-bond acceptors (Lipinski definition) is 3. The number of ether oxygens (including phenoxy) is 1. The van der Waals surface area contributed by atoms with Gasteiger partial charge in [0.25, 0.3) is 0 Å². The molecule has 0 aliphatic carbocycles. The van der Waals surface area contributed by atoms with Crippen LogP contribution in [0.5, 0.6) is 0 Å². The van der Waals surface area contributed by atoms with Crippen molar-refractivity contribution in [2.75, 3.05) is 39.3 Å². The summed E-state index contributed by atoms with van der Waals surface area (Å²) in [5, 5.41) is 3.45. The molecular weight excluding hydrogens is 188 g/mol. The maximum atomic E-state index is 5.75. The van der Waals surface area contributed by atoms with E-state index in [9.17, 15) is 0 Å². The summed E-state index contributed by atoms with van der Waals surface area (Å²) in [6.07, 6.45) is 4.27. The highest BCUT2D eigenvalue weighted by molar-refractivity contribution is 4.79. The first-order valence-corrected chi connectivity index (χ1v) is 6.45. The monoisotopic (exact) mass is 212 g/mol. The molecule has 3 nitrogen and oxygen atoms in total. The van der Waals surface area contributed by atoms with Crippen LogP contribution in [0.2, 0.25) is 0 Å². The molecule has 2 rings (SSSR count). The summed E-state index contributed by atoms with van der Waals surface area (Å²) in [7, 11) is 0. The van der Waals surface area contributed by atoms with E-state index in [0.29, 0.717) is 6.10 Å². The SMILES string of the molecule is CCC1OCCC1CN1CCCNCC1. The minimum Gasteiger partial charge on any atom is -0.378 e. The average molecular weight is 212 g/mol. The molecule has 2 atom stereocenters. The van der Waals surface area contributed by atoms with E-state index in [0.717, 1.165) is 19.1 Å². The second-order valence-electron chi connectivity index (χ2n) is 4.77. The summed E-state index contributed by atoms with van der Waals surface area (Å²) in [5.41, 5.74) is 0. The highest BCUT2D eigenvalue weighted by atomic mass is 16.5. The Kier molecular flexibility index (Phi) is 4.42. The van der Waals surface area contributed by atoms with Crippen molar-refractivity contribution in [3.63, 3.8) is 0 Å². The summed E-state index contributed by atoms with van der Waals surface area (Å²) < 4.78 is 5.75. The summed E-state index contributed by atoms with van der Waals surface area (Å²) in [4.78, 5) is 2.61. The average Bonchev–Trinajstić information content (AvgIpc) is 2.53. The van der Waals surface area contributed by atoms with Gasteiger partial charge in [0.1, 0.15) is 0 Å². The topological polar surface area (TPSA) is 24.5 Å². The Morgan fingerprint density at radius 3 is 3.13 bits per heavy atom. The first-order valence-electron chi connectivity index (χ1n) is 6.45. The van der Waals surface area contributed by atoms with Crippen molar-refractivity contribution in [1.82, 2.24) is 10.2 Å². The van der Waals surface area contributed by atoms with Crippen LogP contribution >= 0.6 is 0 Å². The molecule has 2 unspecified atom stereocenters. The Labute approximate surface area is 93.2 Å². The van der Waals surface area contributed by atoms with Crippen molar-refractivity contribution >= 4 is 0 Å². The van der Waals surface area contributed by atoms with Crippen LogP contribution in [0.25, 0.3) is 0 Å². The molecule has 0 radical (unpaired) electrons. The predicted octanol–water partition coefficient (Wildman–Crippen LogP) is 1.10. The predicted molar refractivity (Wildman–Crippen MR) is 62.1 cm³/mol. The van der Waals surface area contributed by atoms with Gasteiger partial charge in [0.2, 0.25) is 0 Å². The molecule has 0 aromatic rings. The second kappa shape index (κ2) is 5.83. The summed E-state index contributed by atoms with van der Waals surface area (Å²) in [6.45, 7) is 9.30. The van der Waals surface area contributed by atoms with Gasteiger partial charge in [0.15, 0.2) is 0 Å². The molecule has 0 aromatic carbocycles. The van der Waals surface area contributed by atoms with Crippen LogP contribution < -0.4 is 5.32 Å². The zero-order valence-electron chi connectivity index (χ0n) is 9.87.